The van der Waals surface area contributed by atoms with Gasteiger partial charge in [0.15, 0.2) is 5.96 Å². The normalized spacial score (nSPS) is 12.0. The number of carbonyl (C=O) groups is 1. The summed E-state index contributed by atoms with van der Waals surface area (Å²) in [4.78, 5) is 16.3. The van der Waals surface area contributed by atoms with Gasteiger partial charge in [-0.25, -0.2) is 4.99 Å². The average Bonchev–Trinajstić information content (AvgIpc) is 2.48. The fraction of sp³-hybridized carbons (Fsp3) is 0.556. The minimum absolute atomic E-state index is 0.0958. The summed E-state index contributed by atoms with van der Waals surface area (Å²) in [6.07, 6.45) is 0.980. The van der Waals surface area contributed by atoms with Crippen LogP contribution in [0.4, 0.5) is 0 Å². The fourth-order valence-electron chi connectivity index (χ4n) is 2.10. The lowest BCUT2D eigenvalue weighted by molar-refractivity contribution is -0.153. The summed E-state index contributed by atoms with van der Waals surface area (Å²) in [6.45, 7) is 11.1. The Bertz CT molecular complexity index is 533. The molecule has 0 bridgehead atoms. The van der Waals surface area contributed by atoms with Crippen molar-refractivity contribution in [3.8, 4) is 0 Å². The lowest BCUT2D eigenvalue weighted by Gasteiger charge is -2.20. The SMILES string of the molecule is CCNC(=NCc1ccccc1CC)NCC(=O)OC(C)(C)C. The molecule has 0 fully saturated rings. The largest absolute Gasteiger partial charge is 0.459 e. The second-order valence-corrected chi connectivity index (χ2v) is 6.26. The van der Waals surface area contributed by atoms with Gasteiger partial charge in [0.1, 0.15) is 12.1 Å². The van der Waals surface area contributed by atoms with E-state index in [0.29, 0.717) is 12.5 Å². The molecule has 1 aromatic rings. The highest BCUT2D eigenvalue weighted by molar-refractivity contribution is 5.84. The Kier molecular flexibility index (Phi) is 7.59. The maximum absolute atomic E-state index is 11.8. The fourth-order valence-corrected chi connectivity index (χ4v) is 2.10. The third-order valence-corrected chi connectivity index (χ3v) is 3.07. The molecule has 23 heavy (non-hydrogen) atoms. The molecule has 2 N–H and O–H groups in total. The zero-order valence-electron chi connectivity index (χ0n) is 14.9. The van der Waals surface area contributed by atoms with E-state index in [1.165, 1.54) is 11.1 Å². The third kappa shape index (κ3) is 7.68. The van der Waals surface area contributed by atoms with Crippen LogP contribution in [0.3, 0.4) is 0 Å². The lowest BCUT2D eigenvalue weighted by Crippen LogP contribution is -2.41. The molecule has 0 heterocycles. The quantitative estimate of drug-likeness (QED) is 0.481. The number of hydrogen-bond donors (Lipinski definition) is 2. The molecule has 0 aliphatic carbocycles. The number of carbonyl (C=O) groups excluding carboxylic acids is 1. The van der Waals surface area contributed by atoms with E-state index < -0.39 is 5.60 Å². The van der Waals surface area contributed by atoms with Crippen molar-refractivity contribution >= 4 is 11.9 Å². The topological polar surface area (TPSA) is 62.7 Å². The first-order valence-corrected chi connectivity index (χ1v) is 8.16. The van der Waals surface area contributed by atoms with E-state index in [4.69, 9.17) is 4.74 Å². The number of hydrogen-bond acceptors (Lipinski definition) is 3. The average molecular weight is 319 g/mol. The molecule has 0 spiro atoms. The molecular formula is C18H29N3O2. The van der Waals surface area contributed by atoms with Gasteiger partial charge in [-0.05, 0) is 45.2 Å². The van der Waals surface area contributed by atoms with Gasteiger partial charge in [-0.15, -0.1) is 0 Å². The summed E-state index contributed by atoms with van der Waals surface area (Å²) in [5.41, 5.74) is 2.01. The van der Waals surface area contributed by atoms with Crippen molar-refractivity contribution in [3.05, 3.63) is 35.4 Å². The molecule has 5 heteroatoms. The van der Waals surface area contributed by atoms with Crippen molar-refractivity contribution in [2.45, 2.75) is 53.2 Å². The van der Waals surface area contributed by atoms with Crippen molar-refractivity contribution in [3.63, 3.8) is 0 Å². The number of aryl methyl sites for hydroxylation is 1. The van der Waals surface area contributed by atoms with E-state index in [-0.39, 0.29) is 12.5 Å². The van der Waals surface area contributed by atoms with Crippen molar-refractivity contribution in [2.24, 2.45) is 4.99 Å². The van der Waals surface area contributed by atoms with Gasteiger partial charge in [-0.1, -0.05) is 31.2 Å². The minimum Gasteiger partial charge on any atom is -0.459 e. The molecule has 1 rings (SSSR count). The van der Waals surface area contributed by atoms with Gasteiger partial charge in [0.25, 0.3) is 0 Å². The van der Waals surface area contributed by atoms with E-state index in [9.17, 15) is 4.79 Å². The predicted octanol–water partition coefficient (Wildman–Crippen LogP) is 2.65. The molecule has 0 amide bonds. The number of esters is 1. The van der Waals surface area contributed by atoms with Gasteiger partial charge in [-0.3, -0.25) is 4.79 Å². The number of benzene rings is 1. The Morgan fingerprint density at radius 2 is 1.78 bits per heavy atom. The predicted molar refractivity (Wildman–Crippen MR) is 94.5 cm³/mol. The van der Waals surface area contributed by atoms with Crippen molar-refractivity contribution in [1.29, 1.82) is 0 Å². The second kappa shape index (κ2) is 9.18. The highest BCUT2D eigenvalue weighted by atomic mass is 16.6. The molecule has 0 aromatic heterocycles. The van der Waals surface area contributed by atoms with Gasteiger partial charge in [0.2, 0.25) is 0 Å². The Labute approximate surface area is 139 Å². The molecule has 128 valence electrons. The first-order valence-electron chi connectivity index (χ1n) is 8.16. The summed E-state index contributed by atoms with van der Waals surface area (Å²) in [5.74, 6) is 0.321. The molecule has 0 saturated heterocycles. The molecule has 0 radical (unpaired) electrons. The summed E-state index contributed by atoms with van der Waals surface area (Å²) >= 11 is 0. The molecule has 0 aliphatic heterocycles. The Morgan fingerprint density at radius 1 is 1.13 bits per heavy atom. The first kappa shape index (κ1) is 19.0. The lowest BCUT2D eigenvalue weighted by atomic mass is 10.1. The van der Waals surface area contributed by atoms with E-state index in [1.807, 2.05) is 39.8 Å². The van der Waals surface area contributed by atoms with E-state index in [1.54, 1.807) is 0 Å². The zero-order chi connectivity index (χ0) is 17.3. The van der Waals surface area contributed by atoms with Gasteiger partial charge in [0, 0.05) is 6.54 Å². The maximum atomic E-state index is 11.8. The molecular weight excluding hydrogens is 290 g/mol. The van der Waals surface area contributed by atoms with Crippen molar-refractivity contribution < 1.29 is 9.53 Å². The first-order chi connectivity index (χ1) is 10.9. The van der Waals surface area contributed by atoms with Crippen molar-refractivity contribution in [1.82, 2.24) is 10.6 Å². The number of nitrogens with zero attached hydrogens (tertiary/aromatic N) is 1. The second-order valence-electron chi connectivity index (χ2n) is 6.26. The molecule has 0 saturated carbocycles. The standard InChI is InChI=1S/C18H29N3O2/c1-6-14-10-8-9-11-15(14)12-20-17(19-7-2)21-13-16(22)23-18(3,4)5/h8-11H,6-7,12-13H2,1-5H3,(H2,19,20,21). The van der Waals surface area contributed by atoms with E-state index >= 15 is 0 Å². The molecule has 0 unspecified atom stereocenters. The van der Waals surface area contributed by atoms with Crippen LogP contribution >= 0.6 is 0 Å². The molecule has 1 aromatic carbocycles. The van der Waals surface area contributed by atoms with Crippen molar-refractivity contribution in [2.75, 3.05) is 13.1 Å². The number of ether oxygens (including phenoxy) is 1. The monoisotopic (exact) mass is 319 g/mol. The van der Waals surface area contributed by atoms with Crippen LogP contribution in [0.5, 0.6) is 0 Å². The van der Waals surface area contributed by atoms with Crippen LogP contribution in [-0.4, -0.2) is 30.6 Å². The summed E-state index contributed by atoms with van der Waals surface area (Å²) in [7, 11) is 0. The highest BCUT2D eigenvalue weighted by Crippen LogP contribution is 2.10. The molecule has 0 atom stereocenters. The Hall–Kier alpha value is -2.04. The smallest absolute Gasteiger partial charge is 0.325 e. The Balaban J connectivity index is 2.65. The summed E-state index contributed by atoms with van der Waals surface area (Å²) < 4.78 is 5.28. The minimum atomic E-state index is -0.478. The zero-order valence-corrected chi connectivity index (χ0v) is 14.9. The number of rotatable bonds is 6. The number of guanidine groups is 1. The van der Waals surface area contributed by atoms with Crippen LogP contribution in [0, 0.1) is 0 Å². The van der Waals surface area contributed by atoms with Gasteiger partial charge in [0.05, 0.1) is 6.54 Å². The van der Waals surface area contributed by atoms with Crippen LogP contribution in [-0.2, 0) is 22.5 Å². The van der Waals surface area contributed by atoms with E-state index in [0.717, 1.165) is 13.0 Å². The van der Waals surface area contributed by atoms with Crippen LogP contribution < -0.4 is 10.6 Å². The van der Waals surface area contributed by atoms with Crippen LogP contribution in [0.15, 0.2) is 29.3 Å². The summed E-state index contributed by atoms with van der Waals surface area (Å²) in [5, 5.41) is 6.15. The van der Waals surface area contributed by atoms with Crippen LogP contribution in [0.2, 0.25) is 0 Å². The van der Waals surface area contributed by atoms with Gasteiger partial charge in [-0.2, -0.15) is 0 Å². The van der Waals surface area contributed by atoms with E-state index in [2.05, 4.69) is 34.7 Å². The van der Waals surface area contributed by atoms with Crippen LogP contribution in [0.25, 0.3) is 0 Å². The molecule has 5 nitrogen and oxygen atoms in total. The molecule has 0 aliphatic rings. The van der Waals surface area contributed by atoms with Gasteiger partial charge < -0.3 is 15.4 Å². The third-order valence-electron chi connectivity index (χ3n) is 3.07. The Morgan fingerprint density at radius 3 is 2.35 bits per heavy atom. The summed E-state index contributed by atoms with van der Waals surface area (Å²) in [6, 6.07) is 8.26. The number of aliphatic imine (C=N–C) groups is 1. The van der Waals surface area contributed by atoms with Crippen LogP contribution in [0.1, 0.15) is 45.7 Å². The maximum Gasteiger partial charge on any atom is 0.325 e. The number of nitrogens with one attached hydrogen (secondary N) is 2. The highest BCUT2D eigenvalue weighted by Gasteiger charge is 2.16. The van der Waals surface area contributed by atoms with Gasteiger partial charge >= 0.3 is 5.97 Å².